The molecule has 1 amide bonds. The van der Waals surface area contributed by atoms with E-state index in [9.17, 15) is 9.59 Å². The minimum absolute atomic E-state index is 0.0342. The highest BCUT2D eigenvalue weighted by Gasteiger charge is 2.33. The molecule has 6 heteroatoms. The molecule has 0 aliphatic carbocycles. The highest BCUT2D eigenvalue weighted by Crippen LogP contribution is 2.41. The number of rotatable bonds is 6. The summed E-state index contributed by atoms with van der Waals surface area (Å²) in [5, 5.41) is 8.80. The van der Waals surface area contributed by atoms with Gasteiger partial charge < -0.3 is 14.7 Å². The number of thioether (sulfide) groups is 1. The van der Waals surface area contributed by atoms with Gasteiger partial charge in [0.25, 0.3) is 0 Å². The molecule has 0 aromatic heterocycles. The number of carbonyl (C=O) groups is 2. The van der Waals surface area contributed by atoms with Crippen LogP contribution in [-0.4, -0.2) is 29.3 Å². The van der Waals surface area contributed by atoms with E-state index in [0.29, 0.717) is 13.0 Å². The number of methoxy groups -OCH3 is 1. The van der Waals surface area contributed by atoms with E-state index in [0.717, 1.165) is 27.5 Å². The molecule has 0 spiro atoms. The summed E-state index contributed by atoms with van der Waals surface area (Å²) in [6.07, 6.45) is 0.528. The number of fused-ring (bicyclic) bond motifs is 1. The second-order valence-corrected chi connectivity index (χ2v) is 8.26. The molecule has 3 aromatic carbocycles. The number of hydrogen-bond acceptors (Lipinski definition) is 4. The van der Waals surface area contributed by atoms with Crippen LogP contribution in [0.2, 0.25) is 0 Å². The maximum absolute atomic E-state index is 13.4. The van der Waals surface area contributed by atoms with E-state index in [1.165, 1.54) is 0 Å². The Bertz CT molecular complexity index is 1080. The number of amides is 1. The number of carbonyl (C=O) groups excluding carboxylic acids is 1. The van der Waals surface area contributed by atoms with Gasteiger partial charge in [0.05, 0.1) is 30.2 Å². The molecule has 1 aliphatic heterocycles. The fraction of sp³-hybridized carbons (Fsp3) is 0.167. The topological polar surface area (TPSA) is 66.8 Å². The molecule has 5 nitrogen and oxygen atoms in total. The number of ether oxygens (including phenoxy) is 1. The Morgan fingerprint density at radius 2 is 1.73 bits per heavy atom. The largest absolute Gasteiger partial charge is 0.496 e. The van der Waals surface area contributed by atoms with Crippen LogP contribution in [0, 0.1) is 0 Å². The van der Waals surface area contributed by atoms with E-state index in [-0.39, 0.29) is 16.7 Å². The first-order valence-corrected chi connectivity index (χ1v) is 10.5. The molecule has 1 atom stereocenters. The molecular formula is C24H21NO4S. The second kappa shape index (κ2) is 8.63. The van der Waals surface area contributed by atoms with E-state index in [1.807, 2.05) is 53.4 Å². The number of carboxylic acids is 1. The number of aromatic carboxylic acids is 1. The molecule has 0 bridgehead atoms. The van der Waals surface area contributed by atoms with Gasteiger partial charge in [0.1, 0.15) is 5.75 Å². The Kier molecular flexibility index (Phi) is 5.77. The number of carboxylic acid groups (broad SMARTS) is 1. The lowest BCUT2D eigenvalue weighted by molar-refractivity contribution is -0.118. The van der Waals surface area contributed by atoms with Crippen molar-refractivity contribution in [3.8, 4) is 5.75 Å². The van der Waals surface area contributed by atoms with Gasteiger partial charge in [-0.2, -0.15) is 0 Å². The average Bonchev–Trinajstić information content (AvgIpc) is 2.77. The maximum Gasteiger partial charge on any atom is 0.335 e. The highest BCUT2D eigenvalue weighted by molar-refractivity contribution is 8.01. The van der Waals surface area contributed by atoms with Crippen LogP contribution in [0.5, 0.6) is 5.75 Å². The summed E-state index contributed by atoms with van der Waals surface area (Å²) in [4.78, 5) is 27.4. The lowest BCUT2D eigenvalue weighted by Gasteiger charge is -2.34. The molecule has 1 N–H and O–H groups in total. The van der Waals surface area contributed by atoms with Crippen molar-refractivity contribution < 1.29 is 19.4 Å². The van der Waals surface area contributed by atoms with Crippen LogP contribution in [0.3, 0.4) is 0 Å². The van der Waals surface area contributed by atoms with Gasteiger partial charge >= 0.3 is 5.97 Å². The Balaban J connectivity index is 1.63. The molecule has 152 valence electrons. The zero-order chi connectivity index (χ0) is 21.1. The number of benzene rings is 3. The van der Waals surface area contributed by atoms with Crippen molar-refractivity contribution in [2.75, 3.05) is 12.0 Å². The molecule has 30 heavy (non-hydrogen) atoms. The molecule has 0 saturated carbocycles. The monoisotopic (exact) mass is 419 g/mol. The molecular weight excluding hydrogens is 398 g/mol. The quantitative estimate of drug-likeness (QED) is 0.630. The molecule has 0 fully saturated rings. The molecule has 0 unspecified atom stereocenters. The second-order valence-electron chi connectivity index (χ2n) is 7.02. The third-order valence-corrected chi connectivity index (χ3v) is 6.36. The third kappa shape index (κ3) is 4.04. The van der Waals surface area contributed by atoms with Gasteiger partial charge in [-0.1, -0.05) is 42.5 Å². The van der Waals surface area contributed by atoms with Gasteiger partial charge in [-0.15, -0.1) is 11.8 Å². The Morgan fingerprint density at radius 1 is 1.03 bits per heavy atom. The summed E-state index contributed by atoms with van der Waals surface area (Å²) in [6.45, 7) is 0.425. The van der Waals surface area contributed by atoms with Crippen molar-refractivity contribution in [2.45, 2.75) is 23.1 Å². The summed E-state index contributed by atoms with van der Waals surface area (Å²) in [6, 6.07) is 22.3. The first-order valence-electron chi connectivity index (χ1n) is 9.58. The number of anilines is 1. The summed E-state index contributed by atoms with van der Waals surface area (Å²) in [7, 11) is 1.63. The van der Waals surface area contributed by atoms with E-state index in [2.05, 4.69) is 0 Å². The molecule has 3 aromatic rings. The van der Waals surface area contributed by atoms with Crippen LogP contribution in [0.1, 0.15) is 21.5 Å². The lowest BCUT2D eigenvalue weighted by Crippen LogP contribution is -2.41. The molecule has 1 heterocycles. The van der Waals surface area contributed by atoms with Gasteiger partial charge in [-0.05, 0) is 42.3 Å². The standard InChI is InChI=1S/C24H21NO4S/c1-29-20-8-4-2-6-18(20)15-25-19-7-3-5-9-21(19)30-22(23(25)26)14-16-10-12-17(13-11-16)24(27)28/h2-13,22H,14-15H2,1H3,(H,27,28)/t22-/m0/s1. The average molecular weight is 420 g/mol. The van der Waals surface area contributed by atoms with Crippen molar-refractivity contribution in [3.63, 3.8) is 0 Å². The summed E-state index contributed by atoms with van der Waals surface area (Å²) < 4.78 is 5.47. The third-order valence-electron chi connectivity index (χ3n) is 5.11. The van der Waals surface area contributed by atoms with Crippen molar-refractivity contribution >= 4 is 29.3 Å². The van der Waals surface area contributed by atoms with Crippen LogP contribution in [0.25, 0.3) is 0 Å². The van der Waals surface area contributed by atoms with Gasteiger partial charge in [0.15, 0.2) is 0 Å². The summed E-state index contributed by atoms with van der Waals surface area (Å²) in [5.41, 5.74) is 3.02. The first kappa shape index (κ1) is 20.0. The summed E-state index contributed by atoms with van der Waals surface area (Å²) in [5.74, 6) is -0.171. The van der Waals surface area contributed by atoms with E-state index < -0.39 is 5.97 Å². The van der Waals surface area contributed by atoms with Crippen LogP contribution >= 0.6 is 11.8 Å². The minimum Gasteiger partial charge on any atom is -0.496 e. The molecule has 0 saturated heterocycles. The van der Waals surface area contributed by atoms with Crippen LogP contribution in [0.4, 0.5) is 5.69 Å². The first-order chi connectivity index (χ1) is 14.6. The van der Waals surface area contributed by atoms with Crippen molar-refractivity contribution in [2.24, 2.45) is 0 Å². The van der Waals surface area contributed by atoms with E-state index in [1.54, 1.807) is 43.1 Å². The molecule has 4 rings (SSSR count). The highest BCUT2D eigenvalue weighted by atomic mass is 32.2. The van der Waals surface area contributed by atoms with Crippen molar-refractivity contribution in [1.29, 1.82) is 0 Å². The smallest absolute Gasteiger partial charge is 0.335 e. The predicted molar refractivity (Wildman–Crippen MR) is 117 cm³/mol. The SMILES string of the molecule is COc1ccccc1CN1C(=O)[C@H](Cc2ccc(C(=O)O)cc2)Sc2ccccc21. The number of para-hydroxylation sites is 2. The van der Waals surface area contributed by atoms with Gasteiger partial charge in [0, 0.05) is 10.5 Å². The Hall–Kier alpha value is -3.25. The zero-order valence-corrected chi connectivity index (χ0v) is 17.3. The summed E-state index contributed by atoms with van der Waals surface area (Å²) >= 11 is 1.56. The molecule has 1 aliphatic rings. The van der Waals surface area contributed by atoms with Crippen molar-refractivity contribution in [1.82, 2.24) is 0 Å². The van der Waals surface area contributed by atoms with Gasteiger partial charge in [0.2, 0.25) is 5.91 Å². The Morgan fingerprint density at radius 3 is 2.47 bits per heavy atom. The number of hydrogen-bond donors (Lipinski definition) is 1. The minimum atomic E-state index is -0.957. The zero-order valence-electron chi connectivity index (χ0n) is 16.4. The van der Waals surface area contributed by atoms with E-state index >= 15 is 0 Å². The fourth-order valence-electron chi connectivity index (χ4n) is 3.57. The van der Waals surface area contributed by atoms with Crippen LogP contribution in [-0.2, 0) is 17.8 Å². The van der Waals surface area contributed by atoms with Crippen LogP contribution in [0.15, 0.2) is 77.7 Å². The number of nitrogens with zero attached hydrogens (tertiary/aromatic N) is 1. The van der Waals surface area contributed by atoms with Crippen LogP contribution < -0.4 is 9.64 Å². The lowest BCUT2D eigenvalue weighted by atomic mass is 10.1. The Labute approximate surface area is 179 Å². The van der Waals surface area contributed by atoms with Gasteiger partial charge in [-0.25, -0.2) is 4.79 Å². The fourth-order valence-corrected chi connectivity index (χ4v) is 4.84. The van der Waals surface area contributed by atoms with E-state index in [4.69, 9.17) is 9.84 Å². The maximum atomic E-state index is 13.4. The predicted octanol–water partition coefficient (Wildman–Crippen LogP) is 4.64. The molecule has 0 radical (unpaired) electrons. The van der Waals surface area contributed by atoms with Gasteiger partial charge in [-0.3, -0.25) is 4.79 Å². The van der Waals surface area contributed by atoms with Crippen molar-refractivity contribution in [3.05, 3.63) is 89.5 Å². The normalized spacial score (nSPS) is 15.6.